The number of carboxylic acid groups (broad SMARTS) is 1. The van der Waals surface area contributed by atoms with Crippen LogP contribution in [0, 0.1) is 0 Å². The highest BCUT2D eigenvalue weighted by Crippen LogP contribution is 2.18. The highest BCUT2D eigenvalue weighted by Gasteiger charge is 2.31. The fraction of sp³-hybridized carbons (Fsp3) is 0.500. The fourth-order valence-corrected chi connectivity index (χ4v) is 2.67. The lowest BCUT2D eigenvalue weighted by molar-refractivity contribution is -0.143. The van der Waals surface area contributed by atoms with Crippen molar-refractivity contribution in [3.05, 3.63) is 35.9 Å². The zero-order valence-corrected chi connectivity index (χ0v) is 12.3. The quantitative estimate of drug-likeness (QED) is 0.895. The van der Waals surface area contributed by atoms with Crippen LogP contribution in [-0.4, -0.2) is 41.1 Å². The zero-order valence-electron chi connectivity index (χ0n) is 12.3. The summed E-state index contributed by atoms with van der Waals surface area (Å²) in [5.74, 6) is -0.718. The molecule has 2 atom stereocenters. The van der Waals surface area contributed by atoms with Gasteiger partial charge in [0.05, 0.1) is 0 Å². The minimum Gasteiger partial charge on any atom is -0.480 e. The van der Waals surface area contributed by atoms with E-state index < -0.39 is 12.0 Å². The van der Waals surface area contributed by atoms with Crippen LogP contribution >= 0.6 is 0 Å². The summed E-state index contributed by atoms with van der Waals surface area (Å²) in [6, 6.07) is 8.99. The number of hydrogen-bond donors (Lipinski definition) is 2. The van der Waals surface area contributed by atoms with Crippen molar-refractivity contribution in [1.29, 1.82) is 0 Å². The van der Waals surface area contributed by atoms with Gasteiger partial charge in [-0.15, -0.1) is 0 Å². The van der Waals surface area contributed by atoms with E-state index in [1.165, 1.54) is 4.90 Å². The second kappa shape index (κ2) is 7.11. The van der Waals surface area contributed by atoms with E-state index in [2.05, 4.69) is 5.32 Å². The molecule has 0 radical (unpaired) electrons. The molecule has 5 heteroatoms. The predicted molar refractivity (Wildman–Crippen MR) is 80.2 cm³/mol. The largest absolute Gasteiger partial charge is 0.480 e. The van der Waals surface area contributed by atoms with Gasteiger partial charge in [-0.1, -0.05) is 37.3 Å². The molecule has 0 bridgehead atoms. The van der Waals surface area contributed by atoms with Gasteiger partial charge in [-0.25, -0.2) is 9.59 Å². The minimum atomic E-state index is -0.916. The maximum absolute atomic E-state index is 12.2. The molecule has 114 valence electrons. The molecular weight excluding hydrogens is 268 g/mol. The Bertz CT molecular complexity index is 490. The summed E-state index contributed by atoms with van der Waals surface area (Å²) in [5, 5.41) is 12.1. The van der Waals surface area contributed by atoms with Crippen LogP contribution in [0.3, 0.4) is 0 Å². The Balaban J connectivity index is 1.90. The van der Waals surface area contributed by atoms with Crippen LogP contribution in [0.1, 0.15) is 37.7 Å². The molecule has 2 unspecified atom stereocenters. The van der Waals surface area contributed by atoms with Crippen molar-refractivity contribution in [2.75, 3.05) is 13.1 Å². The molecular formula is C16H22N2O3. The molecule has 1 aliphatic heterocycles. The summed E-state index contributed by atoms with van der Waals surface area (Å²) >= 11 is 0. The van der Waals surface area contributed by atoms with E-state index in [0.717, 1.165) is 18.4 Å². The van der Waals surface area contributed by atoms with Gasteiger partial charge in [0.15, 0.2) is 0 Å². The van der Waals surface area contributed by atoms with E-state index in [-0.39, 0.29) is 11.9 Å². The molecule has 2 amide bonds. The lowest BCUT2D eigenvalue weighted by atomic mass is 10.0. The third kappa shape index (κ3) is 3.97. The lowest BCUT2D eigenvalue weighted by Crippen LogP contribution is -2.52. The van der Waals surface area contributed by atoms with Crippen LogP contribution in [0.4, 0.5) is 4.79 Å². The van der Waals surface area contributed by atoms with Crippen LogP contribution in [-0.2, 0) is 4.79 Å². The Hall–Kier alpha value is -2.04. The molecule has 0 spiro atoms. The SMILES string of the molecule is CC(CNC(=O)N1CCCCC1C(=O)O)c1ccccc1. The second-order valence-corrected chi connectivity index (χ2v) is 5.54. The van der Waals surface area contributed by atoms with Crippen LogP contribution in [0.2, 0.25) is 0 Å². The molecule has 1 fully saturated rings. The smallest absolute Gasteiger partial charge is 0.326 e. The molecule has 1 aromatic carbocycles. The molecule has 2 rings (SSSR count). The maximum Gasteiger partial charge on any atom is 0.326 e. The maximum atomic E-state index is 12.2. The number of carbonyl (C=O) groups excluding carboxylic acids is 1. The van der Waals surface area contributed by atoms with Crippen LogP contribution in [0.15, 0.2) is 30.3 Å². The van der Waals surface area contributed by atoms with Gasteiger partial charge >= 0.3 is 12.0 Å². The lowest BCUT2D eigenvalue weighted by Gasteiger charge is -2.33. The summed E-state index contributed by atoms with van der Waals surface area (Å²) in [5.41, 5.74) is 1.16. The summed E-state index contributed by atoms with van der Waals surface area (Å²) in [6.07, 6.45) is 2.27. The normalized spacial score (nSPS) is 19.9. The van der Waals surface area contributed by atoms with E-state index in [1.807, 2.05) is 37.3 Å². The number of carboxylic acids is 1. The molecule has 5 nitrogen and oxygen atoms in total. The van der Waals surface area contributed by atoms with Crippen LogP contribution in [0.25, 0.3) is 0 Å². The van der Waals surface area contributed by atoms with Crippen molar-refractivity contribution in [2.24, 2.45) is 0 Å². The monoisotopic (exact) mass is 290 g/mol. The van der Waals surface area contributed by atoms with Gasteiger partial charge in [0, 0.05) is 13.1 Å². The standard InChI is InChI=1S/C16H22N2O3/c1-12(13-7-3-2-4-8-13)11-17-16(21)18-10-6-5-9-14(18)15(19)20/h2-4,7-8,12,14H,5-6,9-11H2,1H3,(H,17,21)(H,19,20). The fourth-order valence-electron chi connectivity index (χ4n) is 2.67. The van der Waals surface area contributed by atoms with E-state index in [4.69, 9.17) is 0 Å². The highest BCUT2D eigenvalue weighted by atomic mass is 16.4. The van der Waals surface area contributed by atoms with Gasteiger partial charge in [0.25, 0.3) is 0 Å². The first-order valence-corrected chi connectivity index (χ1v) is 7.42. The first-order valence-electron chi connectivity index (χ1n) is 7.42. The van der Waals surface area contributed by atoms with Crippen molar-refractivity contribution in [2.45, 2.75) is 38.1 Å². The van der Waals surface area contributed by atoms with Crippen molar-refractivity contribution >= 4 is 12.0 Å². The first-order chi connectivity index (χ1) is 10.1. The minimum absolute atomic E-state index is 0.197. The number of hydrogen-bond acceptors (Lipinski definition) is 2. The van der Waals surface area contributed by atoms with Gasteiger partial charge in [-0.05, 0) is 30.7 Å². The molecule has 1 saturated heterocycles. The number of amides is 2. The summed E-state index contributed by atoms with van der Waals surface area (Å²) in [6.45, 7) is 3.06. The Labute approximate surface area is 125 Å². The number of nitrogens with zero attached hydrogens (tertiary/aromatic N) is 1. The molecule has 1 aromatic rings. The number of nitrogens with one attached hydrogen (secondary N) is 1. The first kappa shape index (κ1) is 15.4. The number of aliphatic carboxylic acids is 1. The van der Waals surface area contributed by atoms with Crippen molar-refractivity contribution in [1.82, 2.24) is 10.2 Å². The molecule has 1 heterocycles. The summed E-state index contributed by atoms with van der Waals surface area (Å²) in [4.78, 5) is 24.9. The second-order valence-electron chi connectivity index (χ2n) is 5.54. The molecule has 21 heavy (non-hydrogen) atoms. The zero-order chi connectivity index (χ0) is 15.2. The third-order valence-corrected chi connectivity index (χ3v) is 3.98. The number of piperidine rings is 1. The third-order valence-electron chi connectivity index (χ3n) is 3.98. The Morgan fingerprint density at radius 2 is 2.05 bits per heavy atom. The average Bonchev–Trinajstić information content (AvgIpc) is 2.53. The molecule has 0 aromatic heterocycles. The number of likely N-dealkylation sites (tertiary alicyclic amines) is 1. The summed E-state index contributed by atoms with van der Waals surface area (Å²) in [7, 11) is 0. The number of carbonyl (C=O) groups is 2. The molecule has 1 aliphatic rings. The van der Waals surface area contributed by atoms with Gasteiger partial charge in [0.2, 0.25) is 0 Å². The average molecular weight is 290 g/mol. The Morgan fingerprint density at radius 1 is 1.33 bits per heavy atom. The van der Waals surface area contributed by atoms with Gasteiger partial charge in [-0.2, -0.15) is 0 Å². The number of benzene rings is 1. The van der Waals surface area contributed by atoms with Crippen molar-refractivity contribution in [3.63, 3.8) is 0 Å². The Kier molecular flexibility index (Phi) is 5.20. The number of rotatable bonds is 4. The van der Waals surface area contributed by atoms with Gasteiger partial charge < -0.3 is 15.3 Å². The van der Waals surface area contributed by atoms with Crippen LogP contribution in [0.5, 0.6) is 0 Å². The van der Waals surface area contributed by atoms with E-state index in [0.29, 0.717) is 19.5 Å². The topological polar surface area (TPSA) is 69.6 Å². The molecule has 0 saturated carbocycles. The molecule has 2 N–H and O–H groups in total. The van der Waals surface area contributed by atoms with Crippen LogP contribution < -0.4 is 5.32 Å². The van der Waals surface area contributed by atoms with E-state index >= 15 is 0 Å². The van der Waals surface area contributed by atoms with E-state index in [1.54, 1.807) is 0 Å². The van der Waals surface area contributed by atoms with Crippen molar-refractivity contribution < 1.29 is 14.7 Å². The predicted octanol–water partition coefficient (Wildman–Crippen LogP) is 2.44. The van der Waals surface area contributed by atoms with Gasteiger partial charge in [-0.3, -0.25) is 0 Å². The van der Waals surface area contributed by atoms with Gasteiger partial charge in [0.1, 0.15) is 6.04 Å². The Morgan fingerprint density at radius 3 is 2.71 bits per heavy atom. The molecule has 0 aliphatic carbocycles. The van der Waals surface area contributed by atoms with E-state index in [9.17, 15) is 14.7 Å². The highest BCUT2D eigenvalue weighted by molar-refractivity contribution is 5.82. The van der Waals surface area contributed by atoms with Crippen molar-refractivity contribution in [3.8, 4) is 0 Å². The summed E-state index contributed by atoms with van der Waals surface area (Å²) < 4.78 is 0. The number of urea groups is 1.